The number of carbonyl (C=O) groups is 1. The van der Waals surface area contributed by atoms with Gasteiger partial charge < -0.3 is 10.6 Å². The fourth-order valence-corrected chi connectivity index (χ4v) is 2.20. The number of para-hydroxylation sites is 1. The Labute approximate surface area is 106 Å². The number of nitrogens with one attached hydrogen (secondary N) is 2. The third kappa shape index (κ3) is 1.56. The van der Waals surface area contributed by atoms with Crippen LogP contribution >= 0.6 is 0 Å². The summed E-state index contributed by atoms with van der Waals surface area (Å²) in [7, 11) is 0. The van der Waals surface area contributed by atoms with Crippen molar-refractivity contribution in [1.82, 2.24) is 0 Å². The Morgan fingerprint density at radius 2 is 1.67 bits per heavy atom. The van der Waals surface area contributed by atoms with Crippen molar-refractivity contribution in [3.05, 3.63) is 53.1 Å². The predicted octanol–water partition coefficient (Wildman–Crippen LogP) is 3.61. The van der Waals surface area contributed by atoms with Gasteiger partial charge in [0.2, 0.25) is 0 Å². The second-order valence-corrected chi connectivity index (χ2v) is 4.55. The molecule has 0 saturated carbocycles. The molecule has 0 bridgehead atoms. The van der Waals surface area contributed by atoms with Gasteiger partial charge in [0.25, 0.3) is 5.91 Å². The maximum absolute atomic E-state index is 12.2. The molecule has 0 spiro atoms. The van der Waals surface area contributed by atoms with Crippen molar-refractivity contribution in [3.63, 3.8) is 0 Å². The molecule has 1 aliphatic rings. The molecule has 2 aromatic rings. The first-order chi connectivity index (χ1) is 8.66. The van der Waals surface area contributed by atoms with Gasteiger partial charge in [-0.3, -0.25) is 4.79 Å². The van der Waals surface area contributed by atoms with E-state index < -0.39 is 0 Å². The third-order valence-electron chi connectivity index (χ3n) is 3.42. The number of rotatable bonds is 0. The van der Waals surface area contributed by atoms with Gasteiger partial charge in [-0.05, 0) is 43.2 Å². The summed E-state index contributed by atoms with van der Waals surface area (Å²) in [5, 5.41) is 6.30. The van der Waals surface area contributed by atoms with Gasteiger partial charge in [-0.1, -0.05) is 18.2 Å². The van der Waals surface area contributed by atoms with Crippen molar-refractivity contribution < 1.29 is 4.79 Å². The Hall–Kier alpha value is -2.29. The summed E-state index contributed by atoms with van der Waals surface area (Å²) in [6.07, 6.45) is 0. The molecule has 0 fully saturated rings. The summed E-state index contributed by atoms with van der Waals surface area (Å²) in [4.78, 5) is 12.2. The molecular weight excluding hydrogens is 224 g/mol. The molecule has 3 nitrogen and oxygen atoms in total. The summed E-state index contributed by atoms with van der Waals surface area (Å²) >= 11 is 0. The molecule has 1 amide bonds. The molecule has 0 aromatic heterocycles. The van der Waals surface area contributed by atoms with E-state index in [9.17, 15) is 4.79 Å². The van der Waals surface area contributed by atoms with Gasteiger partial charge in [0, 0.05) is 0 Å². The summed E-state index contributed by atoms with van der Waals surface area (Å²) in [6.45, 7) is 4.06. The Morgan fingerprint density at radius 3 is 2.50 bits per heavy atom. The maximum Gasteiger partial charge on any atom is 0.257 e. The van der Waals surface area contributed by atoms with Crippen LogP contribution in [0.2, 0.25) is 0 Å². The normalized spacial score (nSPS) is 12.9. The Kier molecular flexibility index (Phi) is 2.33. The fraction of sp³-hybridized carbons (Fsp3) is 0.133. The largest absolute Gasteiger partial charge is 0.353 e. The molecule has 1 heterocycles. The van der Waals surface area contributed by atoms with Gasteiger partial charge in [0.15, 0.2) is 0 Å². The monoisotopic (exact) mass is 238 g/mol. The predicted molar refractivity (Wildman–Crippen MR) is 73.6 cm³/mol. The molecule has 0 atom stereocenters. The summed E-state index contributed by atoms with van der Waals surface area (Å²) in [6, 6.07) is 11.6. The molecule has 0 radical (unpaired) electrons. The van der Waals surface area contributed by atoms with Gasteiger partial charge >= 0.3 is 0 Å². The fourth-order valence-electron chi connectivity index (χ4n) is 2.20. The lowest BCUT2D eigenvalue weighted by molar-refractivity contribution is 0.102. The van der Waals surface area contributed by atoms with Crippen LogP contribution in [0, 0.1) is 13.8 Å². The Balaban J connectivity index is 2.21. The number of fused-ring (bicyclic) bond motifs is 2. The molecule has 18 heavy (non-hydrogen) atoms. The minimum Gasteiger partial charge on any atom is -0.353 e. The second-order valence-electron chi connectivity index (χ2n) is 4.55. The molecule has 0 aliphatic carbocycles. The van der Waals surface area contributed by atoms with E-state index in [1.165, 1.54) is 5.56 Å². The molecule has 3 heteroatoms. The van der Waals surface area contributed by atoms with Crippen molar-refractivity contribution in [2.45, 2.75) is 13.8 Å². The van der Waals surface area contributed by atoms with Crippen LogP contribution in [0.25, 0.3) is 0 Å². The zero-order chi connectivity index (χ0) is 12.7. The zero-order valence-electron chi connectivity index (χ0n) is 10.4. The quantitative estimate of drug-likeness (QED) is 0.736. The number of amides is 1. The van der Waals surface area contributed by atoms with Crippen molar-refractivity contribution >= 4 is 23.0 Å². The topological polar surface area (TPSA) is 41.1 Å². The van der Waals surface area contributed by atoms with Gasteiger partial charge in [0.1, 0.15) is 0 Å². The van der Waals surface area contributed by atoms with Crippen LogP contribution in [-0.2, 0) is 0 Å². The summed E-state index contributed by atoms with van der Waals surface area (Å²) in [5.41, 5.74) is 5.60. The van der Waals surface area contributed by atoms with E-state index in [0.717, 1.165) is 22.6 Å². The number of anilines is 3. The third-order valence-corrected chi connectivity index (χ3v) is 3.42. The van der Waals surface area contributed by atoms with Crippen molar-refractivity contribution in [2.24, 2.45) is 0 Å². The highest BCUT2D eigenvalue weighted by Gasteiger charge is 2.19. The molecule has 3 rings (SSSR count). The first-order valence-electron chi connectivity index (χ1n) is 5.94. The number of hydrogen-bond donors (Lipinski definition) is 2. The van der Waals surface area contributed by atoms with Gasteiger partial charge in [-0.2, -0.15) is 0 Å². The minimum absolute atomic E-state index is 0.0643. The zero-order valence-corrected chi connectivity index (χ0v) is 10.4. The number of aryl methyl sites for hydroxylation is 1. The average molecular weight is 238 g/mol. The lowest BCUT2D eigenvalue weighted by Gasteiger charge is -2.13. The lowest BCUT2D eigenvalue weighted by Crippen LogP contribution is -2.11. The summed E-state index contributed by atoms with van der Waals surface area (Å²) < 4.78 is 0. The maximum atomic E-state index is 12.2. The van der Waals surface area contributed by atoms with Crippen molar-refractivity contribution in [1.29, 1.82) is 0 Å². The molecule has 2 aromatic carbocycles. The van der Waals surface area contributed by atoms with Gasteiger partial charge in [-0.25, -0.2) is 0 Å². The van der Waals surface area contributed by atoms with Gasteiger partial charge in [0.05, 0.1) is 22.6 Å². The van der Waals surface area contributed by atoms with E-state index in [1.54, 1.807) is 0 Å². The van der Waals surface area contributed by atoms with Crippen LogP contribution in [0.1, 0.15) is 21.5 Å². The number of benzene rings is 2. The Bertz CT molecular complexity index is 647. The van der Waals surface area contributed by atoms with Crippen LogP contribution < -0.4 is 10.6 Å². The SMILES string of the molecule is Cc1ccc2c(c1C)NC(=O)c1ccccc1N2. The first-order valence-corrected chi connectivity index (χ1v) is 5.94. The highest BCUT2D eigenvalue weighted by molar-refractivity contribution is 6.12. The molecule has 0 saturated heterocycles. The highest BCUT2D eigenvalue weighted by Crippen LogP contribution is 2.35. The van der Waals surface area contributed by atoms with Crippen molar-refractivity contribution in [2.75, 3.05) is 10.6 Å². The van der Waals surface area contributed by atoms with Crippen LogP contribution in [0.4, 0.5) is 17.1 Å². The van der Waals surface area contributed by atoms with E-state index in [1.807, 2.05) is 44.2 Å². The average Bonchev–Trinajstić information content (AvgIpc) is 2.52. The van der Waals surface area contributed by atoms with Crippen LogP contribution in [0.5, 0.6) is 0 Å². The van der Waals surface area contributed by atoms with E-state index in [-0.39, 0.29) is 5.91 Å². The molecule has 0 unspecified atom stereocenters. The smallest absolute Gasteiger partial charge is 0.257 e. The van der Waals surface area contributed by atoms with E-state index >= 15 is 0 Å². The molecule has 2 N–H and O–H groups in total. The molecular formula is C15H14N2O. The van der Waals surface area contributed by atoms with E-state index in [0.29, 0.717) is 5.56 Å². The number of hydrogen-bond acceptors (Lipinski definition) is 2. The lowest BCUT2D eigenvalue weighted by atomic mass is 10.1. The standard InChI is InChI=1S/C15H14N2O/c1-9-7-8-13-14(10(9)2)17-15(18)11-5-3-4-6-12(11)16-13/h3-8,16H,1-2H3,(H,17,18). The molecule has 1 aliphatic heterocycles. The minimum atomic E-state index is -0.0643. The number of carbonyl (C=O) groups excluding carboxylic acids is 1. The second kappa shape index (κ2) is 3.88. The van der Waals surface area contributed by atoms with Crippen LogP contribution in [0.3, 0.4) is 0 Å². The van der Waals surface area contributed by atoms with Gasteiger partial charge in [-0.15, -0.1) is 0 Å². The Morgan fingerprint density at radius 1 is 0.889 bits per heavy atom. The highest BCUT2D eigenvalue weighted by atomic mass is 16.1. The van der Waals surface area contributed by atoms with Crippen LogP contribution in [0.15, 0.2) is 36.4 Å². The van der Waals surface area contributed by atoms with Crippen molar-refractivity contribution in [3.8, 4) is 0 Å². The first kappa shape index (κ1) is 10.8. The summed E-state index contributed by atoms with van der Waals surface area (Å²) in [5.74, 6) is -0.0643. The van der Waals surface area contributed by atoms with E-state index in [4.69, 9.17) is 0 Å². The van der Waals surface area contributed by atoms with Crippen LogP contribution in [-0.4, -0.2) is 5.91 Å². The van der Waals surface area contributed by atoms with E-state index in [2.05, 4.69) is 16.7 Å². The molecule has 90 valence electrons.